The fraction of sp³-hybridized carbons (Fsp3) is 0.500. The van der Waals surface area contributed by atoms with Crippen LogP contribution in [-0.4, -0.2) is 24.7 Å². The largest absolute Gasteiger partial charge is 0.417 e. The predicted octanol–water partition coefficient (Wildman–Crippen LogP) is 2.81. The van der Waals surface area contributed by atoms with Crippen molar-refractivity contribution in [2.45, 2.75) is 44.8 Å². The highest BCUT2D eigenvalue weighted by Gasteiger charge is 2.39. The third-order valence-electron chi connectivity index (χ3n) is 3.88. The molecule has 0 saturated carbocycles. The molecule has 0 N–H and O–H groups in total. The second kappa shape index (κ2) is 5.50. The molecule has 0 aromatic heterocycles. The SMILES string of the molecule is BN1C(=O)c2c(cccc2C(F)(F)F)CC1CCCC. The van der Waals surface area contributed by atoms with Gasteiger partial charge in [0.15, 0.2) is 0 Å². The van der Waals surface area contributed by atoms with E-state index in [9.17, 15) is 18.0 Å². The van der Waals surface area contributed by atoms with E-state index in [-0.39, 0.29) is 11.6 Å². The van der Waals surface area contributed by atoms with Gasteiger partial charge in [-0.25, -0.2) is 0 Å². The molecule has 1 unspecified atom stereocenters. The first-order valence-electron chi connectivity index (χ1n) is 6.82. The minimum atomic E-state index is -4.49. The Morgan fingerprint density at radius 3 is 2.70 bits per heavy atom. The lowest BCUT2D eigenvalue weighted by Crippen LogP contribution is -2.45. The van der Waals surface area contributed by atoms with Crippen LogP contribution in [0.3, 0.4) is 0 Å². The molecule has 1 aromatic carbocycles. The first-order chi connectivity index (χ1) is 9.36. The molecule has 6 heteroatoms. The maximum Gasteiger partial charge on any atom is 0.417 e. The molecular formula is C14H17BF3NO. The van der Waals surface area contributed by atoms with Gasteiger partial charge in [0.1, 0.15) is 0 Å². The Morgan fingerprint density at radius 1 is 1.40 bits per heavy atom. The molecule has 2 nitrogen and oxygen atoms in total. The number of halogens is 3. The number of rotatable bonds is 3. The highest BCUT2D eigenvalue weighted by molar-refractivity contribution is 6.19. The van der Waals surface area contributed by atoms with E-state index in [4.69, 9.17) is 0 Å². The van der Waals surface area contributed by atoms with Gasteiger partial charge in [-0.15, -0.1) is 0 Å². The quantitative estimate of drug-likeness (QED) is 0.781. The van der Waals surface area contributed by atoms with E-state index in [1.807, 2.05) is 0 Å². The molecule has 0 bridgehead atoms. The van der Waals surface area contributed by atoms with Gasteiger partial charge in [-0.3, -0.25) is 4.79 Å². The number of carbonyl (C=O) groups is 1. The summed E-state index contributed by atoms with van der Waals surface area (Å²) in [7, 11) is 1.60. The van der Waals surface area contributed by atoms with Gasteiger partial charge in [0.2, 0.25) is 13.9 Å². The summed E-state index contributed by atoms with van der Waals surface area (Å²) in [4.78, 5) is 13.7. The zero-order valence-electron chi connectivity index (χ0n) is 11.6. The van der Waals surface area contributed by atoms with Crippen LogP contribution < -0.4 is 0 Å². The second-order valence-corrected chi connectivity index (χ2v) is 5.25. The molecule has 1 aromatic rings. The van der Waals surface area contributed by atoms with Crippen molar-refractivity contribution in [3.8, 4) is 0 Å². The number of carbonyl (C=O) groups excluding carboxylic acids is 1. The third-order valence-corrected chi connectivity index (χ3v) is 3.88. The highest BCUT2D eigenvalue weighted by atomic mass is 19.4. The normalized spacial score (nSPS) is 19.1. The number of nitrogens with zero attached hydrogens (tertiary/aromatic N) is 1. The molecule has 0 spiro atoms. The molecule has 1 atom stereocenters. The van der Waals surface area contributed by atoms with Gasteiger partial charge >= 0.3 is 6.18 Å². The van der Waals surface area contributed by atoms with Crippen molar-refractivity contribution >= 4 is 13.9 Å². The lowest BCUT2D eigenvalue weighted by atomic mass is 9.86. The van der Waals surface area contributed by atoms with Crippen LogP contribution in [0.4, 0.5) is 13.2 Å². The first-order valence-corrected chi connectivity index (χ1v) is 6.82. The average Bonchev–Trinajstić information content (AvgIpc) is 2.39. The van der Waals surface area contributed by atoms with Crippen LogP contribution in [-0.2, 0) is 12.6 Å². The van der Waals surface area contributed by atoms with E-state index in [0.717, 1.165) is 25.3 Å². The van der Waals surface area contributed by atoms with E-state index in [2.05, 4.69) is 6.92 Å². The van der Waals surface area contributed by atoms with Crippen molar-refractivity contribution in [1.82, 2.24) is 4.81 Å². The summed E-state index contributed by atoms with van der Waals surface area (Å²) in [5.41, 5.74) is -0.472. The van der Waals surface area contributed by atoms with Crippen molar-refractivity contribution in [1.29, 1.82) is 0 Å². The zero-order chi connectivity index (χ0) is 14.9. The highest BCUT2D eigenvalue weighted by Crippen LogP contribution is 2.36. The van der Waals surface area contributed by atoms with Gasteiger partial charge in [-0.2, -0.15) is 13.2 Å². The molecule has 20 heavy (non-hydrogen) atoms. The van der Waals surface area contributed by atoms with Gasteiger partial charge in [-0.05, 0) is 24.5 Å². The van der Waals surface area contributed by atoms with E-state index in [1.165, 1.54) is 10.9 Å². The van der Waals surface area contributed by atoms with Crippen LogP contribution in [0.15, 0.2) is 18.2 Å². The van der Waals surface area contributed by atoms with Crippen LogP contribution >= 0.6 is 0 Å². The molecule has 1 amide bonds. The Bertz CT molecular complexity index is 516. The molecule has 0 aliphatic carbocycles. The van der Waals surface area contributed by atoms with Crippen LogP contribution in [0.2, 0.25) is 0 Å². The van der Waals surface area contributed by atoms with Crippen molar-refractivity contribution in [3.05, 3.63) is 34.9 Å². The number of alkyl halides is 3. The summed E-state index contributed by atoms with van der Waals surface area (Å²) in [6.07, 6.45) is -1.18. The average molecular weight is 283 g/mol. The summed E-state index contributed by atoms with van der Waals surface area (Å²) in [5.74, 6) is -0.514. The monoisotopic (exact) mass is 283 g/mol. The van der Waals surface area contributed by atoms with Crippen LogP contribution in [0.25, 0.3) is 0 Å². The Balaban J connectivity index is 2.41. The molecule has 1 aliphatic heterocycles. The summed E-state index contributed by atoms with van der Waals surface area (Å²) < 4.78 is 39.0. The first kappa shape index (κ1) is 14.9. The minimum Gasteiger partial charge on any atom is -0.387 e. The van der Waals surface area contributed by atoms with Crippen molar-refractivity contribution < 1.29 is 18.0 Å². The Hall–Kier alpha value is -1.46. The summed E-state index contributed by atoms with van der Waals surface area (Å²) in [5, 5.41) is 0. The number of fused-ring (bicyclic) bond motifs is 1. The number of unbranched alkanes of at least 4 members (excludes halogenated alkanes) is 1. The molecule has 1 aliphatic rings. The van der Waals surface area contributed by atoms with E-state index in [1.54, 1.807) is 14.0 Å². The van der Waals surface area contributed by atoms with Crippen molar-refractivity contribution in [2.24, 2.45) is 0 Å². The van der Waals surface area contributed by atoms with Gasteiger partial charge in [-0.1, -0.05) is 31.9 Å². The number of hydrogen-bond donors (Lipinski definition) is 0. The Morgan fingerprint density at radius 2 is 2.10 bits per heavy atom. The fourth-order valence-corrected chi connectivity index (χ4v) is 2.73. The molecule has 108 valence electrons. The van der Waals surface area contributed by atoms with Crippen LogP contribution in [0.5, 0.6) is 0 Å². The predicted molar refractivity (Wildman–Crippen MR) is 73.2 cm³/mol. The minimum absolute atomic E-state index is 0.00145. The molecule has 0 radical (unpaired) electrons. The Labute approximate surface area is 117 Å². The lowest BCUT2D eigenvalue weighted by Gasteiger charge is -2.35. The smallest absolute Gasteiger partial charge is 0.387 e. The molecule has 2 rings (SSSR count). The third kappa shape index (κ3) is 2.69. The van der Waals surface area contributed by atoms with Gasteiger partial charge in [0, 0.05) is 6.04 Å². The van der Waals surface area contributed by atoms with E-state index >= 15 is 0 Å². The van der Waals surface area contributed by atoms with Crippen molar-refractivity contribution in [3.63, 3.8) is 0 Å². The number of amides is 1. The lowest BCUT2D eigenvalue weighted by molar-refractivity contribution is -0.138. The maximum absolute atomic E-state index is 13.0. The van der Waals surface area contributed by atoms with Crippen LogP contribution in [0.1, 0.15) is 47.7 Å². The number of benzene rings is 1. The van der Waals surface area contributed by atoms with Gasteiger partial charge < -0.3 is 4.81 Å². The van der Waals surface area contributed by atoms with E-state index in [0.29, 0.717) is 12.0 Å². The standard InChI is InChI=1S/C14H17BF3NO/c1-2-3-6-10-8-9-5-4-7-11(14(16,17)18)12(9)13(20)19(10)15/h4-5,7,10H,2-3,6,8,15H2,1H3. The van der Waals surface area contributed by atoms with Crippen molar-refractivity contribution in [2.75, 3.05) is 0 Å². The Kier molecular flexibility index (Phi) is 4.11. The summed E-state index contributed by atoms with van der Waals surface area (Å²) in [6.45, 7) is 2.06. The molecule has 0 saturated heterocycles. The summed E-state index contributed by atoms with van der Waals surface area (Å²) >= 11 is 0. The molecule has 0 fully saturated rings. The zero-order valence-corrected chi connectivity index (χ0v) is 11.6. The second-order valence-electron chi connectivity index (χ2n) is 5.25. The summed E-state index contributed by atoms with van der Waals surface area (Å²) in [6, 6.07) is 4.00. The molecular weight excluding hydrogens is 266 g/mol. The van der Waals surface area contributed by atoms with Gasteiger partial charge in [0.05, 0.1) is 11.1 Å². The molecule has 1 heterocycles. The maximum atomic E-state index is 13.0. The van der Waals surface area contributed by atoms with Crippen LogP contribution in [0, 0.1) is 0 Å². The fourth-order valence-electron chi connectivity index (χ4n) is 2.73. The topological polar surface area (TPSA) is 20.3 Å². The van der Waals surface area contributed by atoms with Gasteiger partial charge in [0.25, 0.3) is 0 Å². The van der Waals surface area contributed by atoms with E-state index < -0.39 is 17.6 Å². The number of hydrogen-bond acceptors (Lipinski definition) is 1.